The van der Waals surface area contributed by atoms with Gasteiger partial charge in [0.1, 0.15) is 17.3 Å². The van der Waals surface area contributed by atoms with Gasteiger partial charge < -0.3 is 15.1 Å². The summed E-state index contributed by atoms with van der Waals surface area (Å²) in [5.74, 6) is 0.314. The van der Waals surface area contributed by atoms with E-state index >= 15 is 0 Å². The summed E-state index contributed by atoms with van der Waals surface area (Å²) in [6.45, 7) is 6.81. The topological polar surface area (TPSA) is 65.5 Å². The minimum absolute atomic E-state index is 0.0555. The molecule has 0 spiro atoms. The van der Waals surface area contributed by atoms with E-state index in [1.165, 1.54) is 18.2 Å². The van der Waals surface area contributed by atoms with Crippen LogP contribution >= 0.6 is 11.6 Å². The first-order valence-electron chi connectivity index (χ1n) is 10.7. The van der Waals surface area contributed by atoms with E-state index in [9.17, 15) is 14.0 Å². The SMILES string of the molecule is C=CC(=O)N1CCC(Nc2ccc(/C=C\N(C)C)c(C=O)n2)C1.CCc1ccc(F)cc1Cl. The van der Waals surface area contributed by atoms with Crippen LogP contribution < -0.4 is 5.32 Å². The van der Waals surface area contributed by atoms with Gasteiger partial charge in [-0.3, -0.25) is 9.59 Å². The highest BCUT2D eigenvalue weighted by molar-refractivity contribution is 6.31. The molecule has 1 fully saturated rings. The quantitative estimate of drug-likeness (QED) is 0.468. The number of amides is 1. The maximum Gasteiger partial charge on any atom is 0.246 e. The third-order valence-electron chi connectivity index (χ3n) is 5.04. The molecular formula is C25H30ClFN4O2. The van der Waals surface area contributed by atoms with Crippen LogP contribution in [0.5, 0.6) is 0 Å². The second-order valence-electron chi connectivity index (χ2n) is 7.78. The summed E-state index contributed by atoms with van der Waals surface area (Å²) >= 11 is 5.69. The van der Waals surface area contributed by atoms with Crippen molar-refractivity contribution in [3.05, 3.63) is 76.8 Å². The summed E-state index contributed by atoms with van der Waals surface area (Å²) in [6.07, 6.45) is 7.49. The van der Waals surface area contributed by atoms with Crippen LogP contribution in [0.15, 0.2) is 49.2 Å². The third kappa shape index (κ3) is 8.02. The molecule has 33 heavy (non-hydrogen) atoms. The summed E-state index contributed by atoms with van der Waals surface area (Å²) in [5, 5.41) is 3.80. The van der Waals surface area contributed by atoms with E-state index in [2.05, 4.69) is 16.9 Å². The van der Waals surface area contributed by atoms with E-state index in [0.29, 0.717) is 29.6 Å². The second-order valence-corrected chi connectivity index (χ2v) is 8.18. The number of carbonyl (C=O) groups is 2. The van der Waals surface area contributed by atoms with Gasteiger partial charge in [-0.05, 0) is 61.0 Å². The third-order valence-corrected chi connectivity index (χ3v) is 5.40. The Morgan fingerprint density at radius 1 is 1.36 bits per heavy atom. The van der Waals surface area contributed by atoms with Gasteiger partial charge in [0.05, 0.1) is 0 Å². The van der Waals surface area contributed by atoms with Gasteiger partial charge in [-0.25, -0.2) is 9.37 Å². The minimum Gasteiger partial charge on any atom is -0.383 e. The molecule has 1 saturated heterocycles. The first-order chi connectivity index (χ1) is 15.8. The van der Waals surface area contributed by atoms with Crippen LogP contribution in [0.1, 0.15) is 35.0 Å². The predicted octanol–water partition coefficient (Wildman–Crippen LogP) is 4.67. The Balaban J connectivity index is 0.000000321. The zero-order valence-corrected chi connectivity index (χ0v) is 20.0. The van der Waals surface area contributed by atoms with Gasteiger partial charge in [0.25, 0.3) is 0 Å². The first-order valence-corrected chi connectivity index (χ1v) is 11.1. The van der Waals surface area contributed by atoms with Gasteiger partial charge in [0.2, 0.25) is 5.91 Å². The molecule has 1 aliphatic rings. The molecule has 3 rings (SSSR count). The number of nitrogens with zero attached hydrogens (tertiary/aromatic N) is 3. The highest BCUT2D eigenvalue weighted by atomic mass is 35.5. The molecule has 1 N–H and O–H groups in total. The Kier molecular flexibility index (Phi) is 10.1. The van der Waals surface area contributed by atoms with Crippen molar-refractivity contribution in [1.82, 2.24) is 14.8 Å². The summed E-state index contributed by atoms with van der Waals surface area (Å²) in [5.41, 5.74) is 2.15. The average Bonchev–Trinajstić information content (AvgIpc) is 3.26. The highest BCUT2D eigenvalue weighted by Crippen LogP contribution is 2.18. The molecule has 1 aromatic carbocycles. The van der Waals surface area contributed by atoms with Crippen molar-refractivity contribution < 1.29 is 14.0 Å². The monoisotopic (exact) mass is 472 g/mol. The van der Waals surface area contributed by atoms with Gasteiger partial charge in [-0.1, -0.05) is 31.2 Å². The number of hydrogen-bond acceptors (Lipinski definition) is 5. The Hall–Kier alpha value is -3.19. The molecule has 6 nitrogen and oxygen atoms in total. The van der Waals surface area contributed by atoms with Gasteiger partial charge in [-0.15, -0.1) is 0 Å². The Labute approximate surface area is 199 Å². The zero-order chi connectivity index (χ0) is 24.4. The summed E-state index contributed by atoms with van der Waals surface area (Å²) in [4.78, 5) is 30.8. The first kappa shape index (κ1) is 26.1. The lowest BCUT2D eigenvalue weighted by Crippen LogP contribution is -2.30. The molecule has 8 heteroatoms. The number of benzene rings is 1. The number of pyridine rings is 1. The maximum atomic E-state index is 12.4. The molecule has 1 unspecified atom stereocenters. The Morgan fingerprint density at radius 2 is 2.12 bits per heavy atom. The number of nitrogens with one attached hydrogen (secondary N) is 1. The van der Waals surface area contributed by atoms with Crippen molar-refractivity contribution in [2.24, 2.45) is 0 Å². The fourth-order valence-corrected chi connectivity index (χ4v) is 3.56. The predicted molar refractivity (Wildman–Crippen MR) is 132 cm³/mol. The van der Waals surface area contributed by atoms with Crippen LogP contribution in [-0.2, 0) is 11.2 Å². The molecule has 1 atom stereocenters. The van der Waals surface area contributed by atoms with E-state index < -0.39 is 0 Å². The maximum absolute atomic E-state index is 12.4. The molecule has 1 aromatic heterocycles. The van der Waals surface area contributed by atoms with Crippen LogP contribution in [0, 0.1) is 5.82 Å². The lowest BCUT2D eigenvalue weighted by Gasteiger charge is -2.16. The van der Waals surface area contributed by atoms with Crippen molar-refractivity contribution in [2.45, 2.75) is 25.8 Å². The van der Waals surface area contributed by atoms with Gasteiger partial charge >= 0.3 is 0 Å². The molecule has 0 aliphatic carbocycles. The van der Waals surface area contributed by atoms with Gasteiger partial charge in [-0.2, -0.15) is 0 Å². The summed E-state index contributed by atoms with van der Waals surface area (Å²) < 4.78 is 12.4. The fourth-order valence-electron chi connectivity index (χ4n) is 3.26. The average molecular weight is 473 g/mol. The molecule has 1 aliphatic heterocycles. The van der Waals surface area contributed by atoms with Crippen molar-refractivity contribution in [3.63, 3.8) is 0 Å². The smallest absolute Gasteiger partial charge is 0.246 e. The van der Waals surface area contributed by atoms with E-state index in [4.69, 9.17) is 11.6 Å². The highest BCUT2D eigenvalue weighted by Gasteiger charge is 2.25. The van der Waals surface area contributed by atoms with Crippen molar-refractivity contribution in [3.8, 4) is 0 Å². The number of rotatable bonds is 7. The molecule has 176 valence electrons. The van der Waals surface area contributed by atoms with Crippen LogP contribution in [0.3, 0.4) is 0 Å². The number of likely N-dealkylation sites (tertiary alicyclic amines) is 1. The van der Waals surface area contributed by atoms with Gasteiger partial charge in [0, 0.05) is 43.8 Å². The van der Waals surface area contributed by atoms with Crippen LogP contribution in [0.4, 0.5) is 10.2 Å². The molecule has 1 amide bonds. The van der Waals surface area contributed by atoms with E-state index in [-0.39, 0.29) is 17.8 Å². The molecule has 0 radical (unpaired) electrons. The van der Waals surface area contributed by atoms with E-state index in [0.717, 1.165) is 30.3 Å². The summed E-state index contributed by atoms with van der Waals surface area (Å²) in [6, 6.07) is 8.30. The van der Waals surface area contributed by atoms with Gasteiger partial charge in [0.15, 0.2) is 6.29 Å². The van der Waals surface area contributed by atoms with Crippen molar-refractivity contribution in [1.29, 1.82) is 0 Å². The summed E-state index contributed by atoms with van der Waals surface area (Å²) in [7, 11) is 3.83. The number of aryl methyl sites for hydroxylation is 1. The van der Waals surface area contributed by atoms with Crippen molar-refractivity contribution >= 4 is 35.7 Å². The fraction of sp³-hybridized carbons (Fsp3) is 0.320. The number of halogens is 2. The largest absolute Gasteiger partial charge is 0.383 e. The lowest BCUT2D eigenvalue weighted by molar-refractivity contribution is -0.125. The van der Waals surface area contributed by atoms with Crippen LogP contribution in [0.2, 0.25) is 5.02 Å². The molecule has 0 bridgehead atoms. The second kappa shape index (κ2) is 12.7. The number of carbonyl (C=O) groups excluding carboxylic acids is 2. The number of aldehydes is 1. The molecule has 2 aromatic rings. The molecule has 2 heterocycles. The Morgan fingerprint density at radius 3 is 2.73 bits per heavy atom. The number of anilines is 1. The molecule has 0 saturated carbocycles. The van der Waals surface area contributed by atoms with Crippen LogP contribution in [-0.4, -0.2) is 60.2 Å². The number of aromatic nitrogens is 1. The zero-order valence-electron chi connectivity index (χ0n) is 19.2. The number of hydrogen-bond donors (Lipinski definition) is 1. The lowest BCUT2D eigenvalue weighted by atomic mass is 10.2. The minimum atomic E-state index is -0.276. The molecular weight excluding hydrogens is 443 g/mol. The van der Waals surface area contributed by atoms with Crippen molar-refractivity contribution in [2.75, 3.05) is 32.5 Å². The Bertz CT molecular complexity index is 1010. The normalized spacial score (nSPS) is 15.1. The van der Waals surface area contributed by atoms with E-state index in [1.54, 1.807) is 11.0 Å². The van der Waals surface area contributed by atoms with E-state index in [1.807, 2.05) is 50.3 Å². The standard InChI is InChI=1S/C17H22N4O2.C8H8ClF/c1-4-17(23)21-10-8-14(11-21)18-16-6-5-13(7-9-20(2)3)15(12-22)19-16;1-2-6-3-4-7(10)5-8(6)9/h4-7,9,12,14H,1,8,10-11H2,2-3H3,(H,18,19);3-5H,2H2,1H3/b9-7-;. The van der Waals surface area contributed by atoms with Crippen LogP contribution in [0.25, 0.3) is 6.08 Å².